The molecule has 9 heteroatoms. The Morgan fingerprint density at radius 3 is 2.54 bits per heavy atom. The quantitative estimate of drug-likeness (QED) is 0.280. The van der Waals surface area contributed by atoms with Crippen LogP contribution in [-0.2, 0) is 14.6 Å². The zero-order valence-electron chi connectivity index (χ0n) is 13.6. The molecule has 0 aliphatic heterocycles. The van der Waals surface area contributed by atoms with Crippen LogP contribution in [0.5, 0.6) is 5.88 Å². The number of unbranched alkanes of at least 4 members (excludes halogenated alkanes) is 2. The van der Waals surface area contributed by atoms with Crippen molar-refractivity contribution in [2.24, 2.45) is 0 Å². The van der Waals surface area contributed by atoms with Gasteiger partial charge in [0.2, 0.25) is 17.9 Å². The van der Waals surface area contributed by atoms with Crippen LogP contribution in [0.1, 0.15) is 46.0 Å². The molecule has 1 rings (SSSR count). The molecular formula is C15H21Cl2FN2O4. The van der Waals surface area contributed by atoms with Crippen LogP contribution in [0.15, 0.2) is 0 Å². The summed E-state index contributed by atoms with van der Waals surface area (Å²) < 4.78 is 19.0. The van der Waals surface area contributed by atoms with E-state index in [2.05, 4.69) is 4.98 Å². The highest BCUT2D eigenvalue weighted by molar-refractivity contribution is 6.39. The molecule has 1 unspecified atom stereocenters. The average Bonchev–Trinajstić information content (AvgIpc) is 2.57. The molecule has 1 atom stereocenters. The minimum Gasteiger partial charge on any atom is -0.461 e. The number of carbonyl (C=O) groups excluding carboxylic acids is 1. The van der Waals surface area contributed by atoms with Gasteiger partial charge in [-0.1, -0.05) is 49.9 Å². The minimum absolute atomic E-state index is 0.164. The highest BCUT2D eigenvalue weighted by atomic mass is 35.5. The third-order valence-electron chi connectivity index (χ3n) is 3.10. The number of anilines is 1. The highest BCUT2D eigenvalue weighted by Crippen LogP contribution is 2.36. The van der Waals surface area contributed by atoms with Gasteiger partial charge in [0.1, 0.15) is 10.0 Å². The molecule has 0 aliphatic rings. The molecule has 0 aliphatic carbocycles. The van der Waals surface area contributed by atoms with Crippen LogP contribution in [-0.4, -0.2) is 23.7 Å². The predicted octanol–water partition coefficient (Wildman–Crippen LogP) is 4.32. The third-order valence-corrected chi connectivity index (χ3v) is 3.83. The Balaban J connectivity index is 2.84. The number of hydrogen-bond acceptors (Lipinski definition) is 6. The molecule has 0 spiro atoms. The fourth-order valence-electron chi connectivity index (χ4n) is 1.69. The van der Waals surface area contributed by atoms with E-state index in [0.29, 0.717) is 12.8 Å². The van der Waals surface area contributed by atoms with Gasteiger partial charge in [0.05, 0.1) is 12.3 Å². The van der Waals surface area contributed by atoms with Gasteiger partial charge in [0, 0.05) is 0 Å². The Morgan fingerprint density at radius 2 is 1.92 bits per heavy atom. The molecule has 2 N–H and O–H groups in total. The number of carbonyl (C=O) groups is 1. The summed E-state index contributed by atoms with van der Waals surface area (Å²) in [4.78, 5) is 25.1. The van der Waals surface area contributed by atoms with Crippen LogP contribution < -0.4 is 10.5 Å². The van der Waals surface area contributed by atoms with Crippen LogP contribution in [0, 0.1) is 5.95 Å². The van der Waals surface area contributed by atoms with E-state index in [1.54, 1.807) is 0 Å². The number of rotatable bonds is 10. The van der Waals surface area contributed by atoms with Crippen molar-refractivity contribution in [3.8, 4) is 5.88 Å². The molecule has 1 aromatic rings. The molecule has 0 radical (unpaired) electrons. The van der Waals surface area contributed by atoms with E-state index in [4.69, 9.17) is 43.4 Å². The van der Waals surface area contributed by atoms with Gasteiger partial charge in [0.15, 0.2) is 0 Å². The van der Waals surface area contributed by atoms with Gasteiger partial charge in [0.25, 0.3) is 0 Å². The third kappa shape index (κ3) is 5.96. The molecule has 24 heavy (non-hydrogen) atoms. The molecule has 6 nitrogen and oxygen atoms in total. The Kier molecular flexibility index (Phi) is 9.10. The maximum Gasteiger partial charge on any atom is 0.382 e. The van der Waals surface area contributed by atoms with E-state index in [1.807, 2.05) is 13.8 Å². The van der Waals surface area contributed by atoms with Crippen LogP contribution >= 0.6 is 23.2 Å². The second kappa shape index (κ2) is 10.5. The van der Waals surface area contributed by atoms with Crippen molar-refractivity contribution in [3.63, 3.8) is 0 Å². The lowest BCUT2D eigenvalue weighted by molar-refractivity contribution is -0.278. The van der Waals surface area contributed by atoms with E-state index in [9.17, 15) is 9.18 Å². The number of halogens is 3. The van der Waals surface area contributed by atoms with Gasteiger partial charge >= 0.3 is 5.97 Å². The van der Waals surface area contributed by atoms with Crippen molar-refractivity contribution < 1.29 is 23.7 Å². The van der Waals surface area contributed by atoms with Gasteiger partial charge < -0.3 is 10.5 Å². The van der Waals surface area contributed by atoms with Crippen molar-refractivity contribution in [2.75, 3.05) is 12.3 Å². The van der Waals surface area contributed by atoms with Gasteiger partial charge in [-0.05, 0) is 19.3 Å². The number of ether oxygens (including phenoxy) is 1. The van der Waals surface area contributed by atoms with Crippen molar-refractivity contribution >= 4 is 34.9 Å². The van der Waals surface area contributed by atoms with E-state index >= 15 is 0 Å². The second-order valence-corrected chi connectivity index (χ2v) is 5.83. The second-order valence-electron chi connectivity index (χ2n) is 5.08. The molecule has 0 fully saturated rings. The summed E-state index contributed by atoms with van der Waals surface area (Å²) >= 11 is 11.6. The smallest absolute Gasteiger partial charge is 0.382 e. The van der Waals surface area contributed by atoms with E-state index in [0.717, 1.165) is 19.3 Å². The summed E-state index contributed by atoms with van der Waals surface area (Å²) in [6, 6.07) is 0. The van der Waals surface area contributed by atoms with Gasteiger partial charge in [-0.25, -0.2) is 4.79 Å². The average molecular weight is 383 g/mol. The molecule has 1 aromatic heterocycles. The summed E-state index contributed by atoms with van der Waals surface area (Å²) in [5.74, 6) is -2.09. The molecule has 0 amide bonds. The largest absolute Gasteiger partial charge is 0.461 e. The number of aromatic nitrogens is 1. The van der Waals surface area contributed by atoms with Gasteiger partial charge in [-0.3, -0.25) is 4.89 Å². The number of pyridine rings is 1. The zero-order chi connectivity index (χ0) is 18.1. The molecule has 1 heterocycles. The molecule has 136 valence electrons. The van der Waals surface area contributed by atoms with E-state index < -0.39 is 23.0 Å². The Hall–Kier alpha value is -1.31. The highest BCUT2D eigenvalue weighted by Gasteiger charge is 2.26. The Labute approximate surface area is 150 Å². The Morgan fingerprint density at radius 1 is 1.25 bits per heavy atom. The standard InChI is InChI=1S/C15H21Cl2FN2O4/c1-3-5-7-9(15(21)24-22-8-6-4-2)23-14-11(17)12(19)10(16)13(18)20-14/h9H,3-8H2,1-2H3,(H2,19,20). The first-order valence-electron chi connectivity index (χ1n) is 7.72. The van der Waals surface area contributed by atoms with Crippen molar-refractivity contribution in [1.82, 2.24) is 4.98 Å². The molecular weight excluding hydrogens is 362 g/mol. The maximum absolute atomic E-state index is 13.6. The van der Waals surface area contributed by atoms with E-state index in [-0.39, 0.29) is 23.2 Å². The molecule has 0 saturated heterocycles. The first-order valence-corrected chi connectivity index (χ1v) is 8.47. The summed E-state index contributed by atoms with van der Waals surface area (Å²) in [5.41, 5.74) is 5.38. The number of nitrogens with zero attached hydrogens (tertiary/aromatic N) is 1. The van der Waals surface area contributed by atoms with Crippen molar-refractivity contribution in [2.45, 2.75) is 52.1 Å². The summed E-state index contributed by atoms with van der Waals surface area (Å²) in [6.45, 7) is 4.21. The fourth-order valence-corrected chi connectivity index (χ4v) is 2.06. The molecule has 0 bridgehead atoms. The summed E-state index contributed by atoms with van der Waals surface area (Å²) in [7, 11) is 0. The lowest BCUT2D eigenvalue weighted by atomic mass is 10.1. The SMILES string of the molecule is CCCCOOC(=O)C(CCCC)Oc1nc(F)c(Cl)c(N)c1Cl. The van der Waals surface area contributed by atoms with Crippen LogP contribution in [0.25, 0.3) is 0 Å². The first-order chi connectivity index (χ1) is 11.4. The minimum atomic E-state index is -1.04. The molecule has 0 aromatic carbocycles. The Bertz CT molecular complexity index is 561. The fraction of sp³-hybridized carbons (Fsp3) is 0.600. The van der Waals surface area contributed by atoms with E-state index in [1.165, 1.54) is 0 Å². The van der Waals surface area contributed by atoms with Crippen LogP contribution in [0.3, 0.4) is 0 Å². The topological polar surface area (TPSA) is 83.7 Å². The normalized spacial score (nSPS) is 12.0. The number of hydrogen-bond donors (Lipinski definition) is 1. The predicted molar refractivity (Wildman–Crippen MR) is 89.5 cm³/mol. The number of nitrogens with two attached hydrogens (primary N) is 1. The monoisotopic (exact) mass is 382 g/mol. The van der Waals surface area contributed by atoms with Crippen LogP contribution in [0.4, 0.5) is 10.1 Å². The van der Waals surface area contributed by atoms with Crippen molar-refractivity contribution in [3.05, 3.63) is 16.0 Å². The van der Waals surface area contributed by atoms with Gasteiger partial charge in [-0.2, -0.15) is 14.3 Å². The summed E-state index contributed by atoms with van der Waals surface area (Å²) in [6.07, 6.45) is 2.43. The molecule has 0 saturated carbocycles. The van der Waals surface area contributed by atoms with Gasteiger partial charge in [-0.15, -0.1) is 0 Å². The maximum atomic E-state index is 13.6. The lowest BCUT2D eigenvalue weighted by Gasteiger charge is -2.17. The zero-order valence-corrected chi connectivity index (χ0v) is 15.1. The van der Waals surface area contributed by atoms with Crippen LogP contribution in [0.2, 0.25) is 10.0 Å². The summed E-state index contributed by atoms with van der Waals surface area (Å²) in [5, 5.41) is -0.564. The van der Waals surface area contributed by atoms with Crippen molar-refractivity contribution in [1.29, 1.82) is 0 Å². The first kappa shape index (κ1) is 20.7. The lowest BCUT2D eigenvalue weighted by Crippen LogP contribution is -2.30. The number of nitrogen functional groups attached to an aromatic ring is 1.